The maximum Gasteiger partial charge on any atom is 0.191 e. The highest BCUT2D eigenvalue weighted by Crippen LogP contribution is 2.24. The molecule has 0 heterocycles. The van der Waals surface area contributed by atoms with Crippen LogP contribution in [0.4, 0.5) is 5.69 Å². The lowest BCUT2D eigenvalue weighted by Gasteiger charge is -2.07. The summed E-state index contributed by atoms with van der Waals surface area (Å²) in [6.07, 6.45) is 1.54. The number of anilines is 1. The van der Waals surface area contributed by atoms with E-state index in [9.17, 15) is 0 Å². The van der Waals surface area contributed by atoms with Gasteiger partial charge >= 0.3 is 0 Å². The molecule has 0 atom stereocenters. The van der Waals surface area contributed by atoms with Gasteiger partial charge in [0.1, 0.15) is 0 Å². The lowest BCUT2D eigenvalue weighted by atomic mass is 10.2. The van der Waals surface area contributed by atoms with Crippen LogP contribution in [0, 0.1) is 0 Å². The Hall–Kier alpha value is -1.33. The summed E-state index contributed by atoms with van der Waals surface area (Å²) in [5.74, 6) is 0. The fourth-order valence-corrected chi connectivity index (χ4v) is 2.22. The van der Waals surface area contributed by atoms with E-state index in [-0.39, 0.29) is 0 Å². The number of hydrazone groups is 1. The summed E-state index contributed by atoms with van der Waals surface area (Å²) >= 11 is 23.0. The van der Waals surface area contributed by atoms with Crippen molar-refractivity contribution in [3.05, 3.63) is 63.1 Å². The predicted octanol–water partition coefficient (Wildman–Crippen LogP) is 4.97. The Morgan fingerprint density at radius 1 is 1.10 bits per heavy atom. The average Bonchev–Trinajstić information content (AvgIpc) is 2.43. The summed E-state index contributed by atoms with van der Waals surface area (Å²) < 4.78 is 0. The summed E-state index contributed by atoms with van der Waals surface area (Å²) in [5, 5.41) is 8.84. The highest BCUT2D eigenvalue weighted by atomic mass is 35.5. The fraction of sp³-hybridized carbons (Fsp3) is 0. The van der Waals surface area contributed by atoms with E-state index in [1.807, 2.05) is 12.1 Å². The second kappa shape index (κ2) is 7.61. The Kier molecular flexibility index (Phi) is 5.82. The first-order chi connectivity index (χ1) is 10.1. The van der Waals surface area contributed by atoms with E-state index in [4.69, 9.17) is 47.0 Å². The van der Waals surface area contributed by atoms with Crippen LogP contribution >= 0.6 is 47.0 Å². The number of nitrogens with one attached hydrogen (secondary N) is 2. The molecule has 2 aromatic rings. The highest BCUT2D eigenvalue weighted by Gasteiger charge is 2.01. The number of benzene rings is 2. The molecule has 108 valence electrons. The predicted molar refractivity (Wildman–Crippen MR) is 94.9 cm³/mol. The largest absolute Gasteiger partial charge is 0.331 e. The molecule has 0 amide bonds. The van der Waals surface area contributed by atoms with Crippen molar-refractivity contribution in [3.63, 3.8) is 0 Å². The highest BCUT2D eigenvalue weighted by molar-refractivity contribution is 7.80. The van der Waals surface area contributed by atoms with Crippen molar-refractivity contribution < 1.29 is 0 Å². The van der Waals surface area contributed by atoms with Crippen molar-refractivity contribution in [2.24, 2.45) is 5.10 Å². The molecule has 3 nitrogen and oxygen atoms in total. The lowest BCUT2D eigenvalue weighted by Crippen LogP contribution is -2.23. The molecule has 0 saturated heterocycles. The van der Waals surface area contributed by atoms with Gasteiger partial charge < -0.3 is 5.32 Å². The minimum absolute atomic E-state index is 0.340. The summed E-state index contributed by atoms with van der Waals surface area (Å²) in [7, 11) is 0. The maximum absolute atomic E-state index is 6.04. The molecule has 0 unspecified atom stereocenters. The van der Waals surface area contributed by atoms with Gasteiger partial charge in [0.25, 0.3) is 0 Å². The van der Waals surface area contributed by atoms with E-state index in [0.29, 0.717) is 25.7 Å². The van der Waals surface area contributed by atoms with Crippen molar-refractivity contribution in [3.8, 4) is 0 Å². The van der Waals surface area contributed by atoms with Crippen molar-refractivity contribution in [1.82, 2.24) is 5.43 Å². The third-order valence-electron chi connectivity index (χ3n) is 2.43. The van der Waals surface area contributed by atoms with Crippen molar-refractivity contribution in [2.75, 3.05) is 5.32 Å². The third kappa shape index (κ3) is 4.86. The van der Waals surface area contributed by atoms with E-state index in [1.165, 1.54) is 0 Å². The SMILES string of the molecule is S=C(N/N=C\c1cccc(Cl)c1Cl)Nc1cccc(Cl)c1. The number of hydrogen-bond donors (Lipinski definition) is 2. The van der Waals surface area contributed by atoms with Gasteiger partial charge in [0.15, 0.2) is 5.11 Å². The van der Waals surface area contributed by atoms with Gasteiger partial charge in [-0.1, -0.05) is 53.0 Å². The van der Waals surface area contributed by atoms with Crippen LogP contribution in [0.25, 0.3) is 0 Å². The molecule has 0 bridgehead atoms. The number of nitrogens with zero attached hydrogens (tertiary/aromatic N) is 1. The fourth-order valence-electron chi connectivity index (χ4n) is 1.51. The van der Waals surface area contributed by atoms with Crippen molar-refractivity contribution in [1.29, 1.82) is 0 Å². The molecular formula is C14H10Cl3N3S. The van der Waals surface area contributed by atoms with Gasteiger partial charge in [-0.2, -0.15) is 5.10 Å². The van der Waals surface area contributed by atoms with Gasteiger partial charge in [-0.05, 0) is 36.5 Å². The zero-order valence-electron chi connectivity index (χ0n) is 10.6. The molecule has 2 aromatic carbocycles. The molecule has 0 aliphatic rings. The van der Waals surface area contributed by atoms with E-state index in [0.717, 1.165) is 5.69 Å². The van der Waals surface area contributed by atoms with E-state index >= 15 is 0 Å². The van der Waals surface area contributed by atoms with Crippen molar-refractivity contribution >= 4 is 64.0 Å². The Morgan fingerprint density at radius 2 is 1.86 bits per heavy atom. The Balaban J connectivity index is 1.95. The van der Waals surface area contributed by atoms with Gasteiger partial charge in [0, 0.05) is 16.3 Å². The van der Waals surface area contributed by atoms with Crippen LogP contribution in [-0.2, 0) is 0 Å². The summed E-state index contributed by atoms with van der Waals surface area (Å²) in [5.41, 5.74) is 4.16. The molecular weight excluding hydrogens is 349 g/mol. The molecule has 2 rings (SSSR count). The Labute approximate surface area is 142 Å². The summed E-state index contributed by atoms with van der Waals surface area (Å²) in [6.45, 7) is 0. The molecule has 0 radical (unpaired) electrons. The van der Waals surface area contributed by atoms with Gasteiger partial charge in [-0.15, -0.1) is 0 Å². The van der Waals surface area contributed by atoms with E-state index in [1.54, 1.807) is 36.5 Å². The number of thiocarbonyl (C=S) groups is 1. The molecule has 0 saturated carbocycles. The lowest BCUT2D eigenvalue weighted by molar-refractivity contribution is 1.05. The van der Waals surface area contributed by atoms with Crippen LogP contribution in [0.2, 0.25) is 15.1 Å². The quantitative estimate of drug-likeness (QED) is 0.462. The Bertz CT molecular complexity index is 689. The second-order valence-electron chi connectivity index (χ2n) is 3.98. The summed E-state index contributed by atoms with van der Waals surface area (Å²) in [4.78, 5) is 0. The molecule has 0 spiro atoms. The summed E-state index contributed by atoms with van der Waals surface area (Å²) in [6, 6.07) is 12.5. The monoisotopic (exact) mass is 357 g/mol. The smallest absolute Gasteiger partial charge is 0.191 e. The van der Waals surface area contributed by atoms with E-state index < -0.39 is 0 Å². The topological polar surface area (TPSA) is 36.4 Å². The third-order valence-corrected chi connectivity index (χ3v) is 3.70. The van der Waals surface area contributed by atoms with Crippen LogP contribution < -0.4 is 10.7 Å². The first-order valence-electron chi connectivity index (χ1n) is 5.86. The minimum Gasteiger partial charge on any atom is -0.331 e. The van der Waals surface area contributed by atoms with Crippen LogP contribution in [0.1, 0.15) is 5.56 Å². The zero-order valence-corrected chi connectivity index (χ0v) is 13.7. The molecule has 0 aromatic heterocycles. The van der Waals surface area contributed by atoms with Gasteiger partial charge in [-0.25, -0.2) is 0 Å². The minimum atomic E-state index is 0.340. The second-order valence-corrected chi connectivity index (χ2v) is 5.61. The van der Waals surface area contributed by atoms with Crippen LogP contribution in [0.15, 0.2) is 47.6 Å². The van der Waals surface area contributed by atoms with E-state index in [2.05, 4.69) is 15.8 Å². The molecule has 7 heteroatoms. The average molecular weight is 359 g/mol. The molecule has 0 aliphatic heterocycles. The molecule has 2 N–H and O–H groups in total. The normalized spacial score (nSPS) is 10.6. The van der Waals surface area contributed by atoms with Crippen LogP contribution in [-0.4, -0.2) is 11.3 Å². The Morgan fingerprint density at radius 3 is 2.62 bits per heavy atom. The van der Waals surface area contributed by atoms with Gasteiger partial charge in [0.2, 0.25) is 0 Å². The number of rotatable bonds is 3. The molecule has 0 aliphatic carbocycles. The first kappa shape index (κ1) is 16.0. The van der Waals surface area contributed by atoms with Crippen LogP contribution in [0.5, 0.6) is 0 Å². The standard InChI is InChI=1S/C14H10Cl3N3S/c15-10-4-2-5-11(7-10)19-14(21)20-18-8-9-3-1-6-12(16)13(9)17/h1-8H,(H2,19,20,21)/b18-8-. The maximum atomic E-state index is 6.04. The molecule has 0 fully saturated rings. The zero-order chi connectivity index (χ0) is 15.2. The van der Waals surface area contributed by atoms with Gasteiger partial charge in [0.05, 0.1) is 16.3 Å². The first-order valence-corrected chi connectivity index (χ1v) is 7.40. The number of hydrogen-bond acceptors (Lipinski definition) is 2. The number of halogens is 3. The van der Waals surface area contributed by atoms with Crippen LogP contribution in [0.3, 0.4) is 0 Å². The van der Waals surface area contributed by atoms with Crippen molar-refractivity contribution in [2.45, 2.75) is 0 Å². The van der Waals surface area contributed by atoms with Gasteiger partial charge in [-0.3, -0.25) is 5.43 Å². The molecule has 21 heavy (non-hydrogen) atoms.